The van der Waals surface area contributed by atoms with Gasteiger partial charge in [-0.2, -0.15) is 54.8 Å². The summed E-state index contributed by atoms with van der Waals surface area (Å²) >= 11 is 0. The maximum Gasteiger partial charge on any atom is 0.243 e. The molecular formula is C26H27N21O2. The Hall–Kier alpha value is -7.85. The monoisotopic (exact) mass is 665 g/mol. The molecular weight excluding hydrogens is 638 g/mol. The van der Waals surface area contributed by atoms with Crippen molar-refractivity contribution in [1.82, 2.24) is 54.8 Å². The topological polar surface area (TPSA) is 375 Å². The van der Waals surface area contributed by atoms with Crippen LogP contribution in [-0.2, 0) is 0 Å². The highest BCUT2D eigenvalue weighted by molar-refractivity contribution is 5.73. The van der Waals surface area contributed by atoms with E-state index in [1.165, 1.54) is 15.9 Å². The largest absolute Gasteiger partial charge is 0.458 e. The molecule has 0 saturated carbocycles. The molecule has 0 unspecified atom stereocenters. The fourth-order valence-corrected chi connectivity index (χ4v) is 4.30. The van der Waals surface area contributed by atoms with Crippen molar-refractivity contribution >= 4 is 82.5 Å². The molecule has 23 heteroatoms. The molecule has 4 aromatic heterocycles. The first-order valence-electron chi connectivity index (χ1n) is 13.8. The fourth-order valence-electron chi connectivity index (χ4n) is 4.30. The second-order valence-corrected chi connectivity index (χ2v) is 9.63. The van der Waals surface area contributed by atoms with Gasteiger partial charge in [-0.15, -0.1) is 0 Å². The molecule has 0 spiro atoms. The molecule has 0 saturated heterocycles. The van der Waals surface area contributed by atoms with Crippen LogP contribution in [0.15, 0.2) is 54.6 Å². The molecule has 0 aliphatic carbocycles. The Labute approximate surface area is 275 Å². The lowest BCUT2D eigenvalue weighted by Crippen LogP contribution is -2.20. The van der Waals surface area contributed by atoms with Gasteiger partial charge in [0.2, 0.25) is 66.3 Å². The summed E-state index contributed by atoms with van der Waals surface area (Å²) in [4.78, 5) is 47.5. The average Bonchev–Trinajstić information content (AvgIpc) is 3.01. The van der Waals surface area contributed by atoms with Crippen molar-refractivity contribution in [2.24, 2.45) is 0 Å². The normalized spacial score (nSPS) is 10.8. The van der Waals surface area contributed by atoms with Crippen molar-refractivity contribution in [3.63, 3.8) is 0 Å². The summed E-state index contributed by atoms with van der Waals surface area (Å²) in [7, 11) is 0. The molecule has 0 fully saturated rings. The van der Waals surface area contributed by atoms with Crippen LogP contribution in [0.4, 0.5) is 82.5 Å². The lowest BCUT2D eigenvalue weighted by molar-refractivity contribution is 0.120. The minimum atomic E-state index is -0.146. The zero-order valence-corrected chi connectivity index (χ0v) is 25.2. The Kier molecular flexibility index (Phi) is 8.18. The third-order valence-electron chi connectivity index (χ3n) is 6.19. The van der Waals surface area contributed by atoms with Gasteiger partial charge in [0.25, 0.3) is 0 Å². The van der Waals surface area contributed by atoms with Gasteiger partial charge in [-0.25, -0.2) is 4.90 Å². The van der Waals surface area contributed by atoms with Gasteiger partial charge in [0.15, 0.2) is 0 Å². The number of nitrogens with two attached hydrogens (primary N) is 8. The number of anilines is 14. The predicted octanol–water partition coefficient (Wildman–Crippen LogP) is 0.0441. The maximum atomic E-state index is 5.91. The molecule has 0 bridgehead atoms. The summed E-state index contributed by atoms with van der Waals surface area (Å²) in [5.74, 6) is 0.684. The predicted molar refractivity (Wildman–Crippen MR) is 179 cm³/mol. The van der Waals surface area contributed by atoms with Gasteiger partial charge >= 0.3 is 0 Å². The van der Waals surface area contributed by atoms with Crippen LogP contribution < -0.4 is 65.1 Å². The van der Waals surface area contributed by atoms with E-state index in [2.05, 4.69) is 54.8 Å². The SMILES string of the molecule is Nc1cc(N(c2ccc(OCOc3ccc(N(c4nc(N)nc(N)n4)c4nc(N)nc(N)n4)cc3)cc2)c2nc(N)nc(N)n2)nc(N)n1. The molecule has 4 heterocycles. The van der Waals surface area contributed by atoms with Crippen molar-refractivity contribution in [2.75, 3.05) is 62.5 Å². The smallest absolute Gasteiger partial charge is 0.243 e. The number of rotatable bonds is 10. The lowest BCUT2D eigenvalue weighted by atomic mass is 10.2. The number of nitrogens with zero attached hydrogens (tertiary/aromatic N) is 13. The van der Waals surface area contributed by atoms with E-state index in [0.29, 0.717) is 22.9 Å². The van der Waals surface area contributed by atoms with E-state index < -0.39 is 0 Å². The van der Waals surface area contributed by atoms with Crippen molar-refractivity contribution in [3.8, 4) is 11.5 Å². The Morgan fingerprint density at radius 1 is 0.408 bits per heavy atom. The number of aromatic nitrogens is 11. The fraction of sp³-hybridized carbons (Fsp3) is 0.0385. The second kappa shape index (κ2) is 12.9. The van der Waals surface area contributed by atoms with Crippen LogP contribution in [-0.4, -0.2) is 61.6 Å². The number of benzene rings is 2. The van der Waals surface area contributed by atoms with E-state index >= 15 is 0 Å². The molecule has 23 nitrogen and oxygen atoms in total. The highest BCUT2D eigenvalue weighted by Crippen LogP contribution is 2.34. The van der Waals surface area contributed by atoms with Gasteiger partial charge in [0.05, 0.1) is 11.4 Å². The van der Waals surface area contributed by atoms with Gasteiger partial charge in [-0.3, -0.25) is 4.90 Å². The van der Waals surface area contributed by atoms with Crippen LogP contribution >= 0.6 is 0 Å². The summed E-state index contributed by atoms with van der Waals surface area (Å²) in [6.07, 6.45) is 0. The molecule has 16 N–H and O–H groups in total. The first-order chi connectivity index (χ1) is 23.5. The number of nitrogen functional groups attached to an aromatic ring is 8. The Morgan fingerprint density at radius 3 is 1.14 bits per heavy atom. The Morgan fingerprint density at radius 2 is 0.755 bits per heavy atom. The first kappa shape index (κ1) is 31.1. The highest BCUT2D eigenvalue weighted by Gasteiger charge is 2.22. The van der Waals surface area contributed by atoms with Gasteiger partial charge in [0.1, 0.15) is 23.1 Å². The van der Waals surface area contributed by atoms with Crippen LogP contribution in [0, 0.1) is 0 Å². The molecule has 0 amide bonds. The van der Waals surface area contributed by atoms with Crippen molar-refractivity contribution < 1.29 is 9.47 Å². The summed E-state index contributed by atoms with van der Waals surface area (Å²) in [6.45, 7) is -0.146. The van der Waals surface area contributed by atoms with Crippen LogP contribution in [0.25, 0.3) is 0 Å². The van der Waals surface area contributed by atoms with E-state index in [1.807, 2.05) is 0 Å². The van der Waals surface area contributed by atoms with E-state index in [0.717, 1.165) is 0 Å². The van der Waals surface area contributed by atoms with E-state index in [1.54, 1.807) is 48.5 Å². The summed E-state index contributed by atoms with van der Waals surface area (Å²) in [5, 5.41) is 0. The van der Waals surface area contributed by atoms with Crippen molar-refractivity contribution in [2.45, 2.75) is 0 Å². The number of hydrogen-bond acceptors (Lipinski definition) is 23. The number of hydrogen-bond donors (Lipinski definition) is 8. The van der Waals surface area contributed by atoms with E-state index in [-0.39, 0.29) is 77.9 Å². The Bertz CT molecular complexity index is 1780. The molecule has 0 aliphatic rings. The highest BCUT2D eigenvalue weighted by atomic mass is 16.7. The average molecular weight is 666 g/mol. The van der Waals surface area contributed by atoms with Crippen LogP contribution in [0.5, 0.6) is 11.5 Å². The quantitative estimate of drug-likeness (QED) is 0.0895. The lowest BCUT2D eigenvalue weighted by Gasteiger charge is -2.22. The summed E-state index contributed by atoms with van der Waals surface area (Å²) in [5.41, 5.74) is 47.6. The minimum Gasteiger partial charge on any atom is -0.458 e. The van der Waals surface area contributed by atoms with E-state index in [9.17, 15) is 0 Å². The van der Waals surface area contributed by atoms with Crippen LogP contribution in [0.1, 0.15) is 0 Å². The summed E-state index contributed by atoms with van der Waals surface area (Å²) in [6, 6.07) is 15.0. The third-order valence-corrected chi connectivity index (χ3v) is 6.19. The molecule has 0 radical (unpaired) electrons. The van der Waals surface area contributed by atoms with Crippen molar-refractivity contribution in [3.05, 3.63) is 54.6 Å². The maximum absolute atomic E-state index is 5.91. The standard InChI is InChI=1S/C26H27N21O2/c27-15-9-16(36-17(28)35-15)46(24-40-18(29)37-19(30)41-24)11-1-5-13(6-2-11)48-10-49-14-7-3-12(4-8-14)47(25-42-20(31)38-21(32)43-25)26-44-22(33)39-23(34)45-26/h1-9H,10H2,(H4,27,28,35,36)(H4,29,30,37,40,41)(H4,31,32,38,42,43)(H4,33,34,39,44,45). The molecule has 0 atom stereocenters. The first-order valence-corrected chi connectivity index (χ1v) is 13.8. The summed E-state index contributed by atoms with van der Waals surface area (Å²) < 4.78 is 11.6. The van der Waals surface area contributed by atoms with Crippen LogP contribution in [0.2, 0.25) is 0 Å². The molecule has 6 rings (SSSR count). The molecule has 248 valence electrons. The zero-order valence-electron chi connectivity index (χ0n) is 25.2. The van der Waals surface area contributed by atoms with Gasteiger partial charge in [-0.05, 0) is 48.5 Å². The van der Waals surface area contributed by atoms with Gasteiger partial charge in [0, 0.05) is 6.07 Å². The van der Waals surface area contributed by atoms with Gasteiger partial charge in [-0.1, -0.05) is 0 Å². The minimum absolute atomic E-state index is 0.0168. The molecule has 6 aromatic rings. The van der Waals surface area contributed by atoms with E-state index in [4.69, 9.17) is 55.3 Å². The second-order valence-electron chi connectivity index (χ2n) is 9.63. The van der Waals surface area contributed by atoms with Crippen LogP contribution in [0.3, 0.4) is 0 Å². The molecule has 0 aliphatic heterocycles. The third kappa shape index (κ3) is 7.19. The number of ether oxygens (including phenoxy) is 2. The molecule has 2 aromatic carbocycles. The zero-order chi connectivity index (χ0) is 34.7. The van der Waals surface area contributed by atoms with Crippen molar-refractivity contribution in [1.29, 1.82) is 0 Å². The van der Waals surface area contributed by atoms with Gasteiger partial charge < -0.3 is 55.3 Å². The molecule has 49 heavy (non-hydrogen) atoms. The Balaban J connectivity index is 1.18.